The summed E-state index contributed by atoms with van der Waals surface area (Å²) in [5.74, 6) is 2.24. The van der Waals surface area contributed by atoms with E-state index in [1.807, 2.05) is 66.5 Å². The fourth-order valence-corrected chi connectivity index (χ4v) is 3.05. The van der Waals surface area contributed by atoms with Gasteiger partial charge in [0.25, 0.3) is 0 Å². The molecule has 3 aromatic rings. The lowest BCUT2D eigenvalue weighted by atomic mass is 10.2. The van der Waals surface area contributed by atoms with Gasteiger partial charge in [-0.05, 0) is 42.9 Å². The zero-order valence-corrected chi connectivity index (χ0v) is 17.5. The molecule has 7 heteroatoms. The van der Waals surface area contributed by atoms with Gasteiger partial charge in [-0.25, -0.2) is 0 Å². The average Bonchev–Trinajstić information content (AvgIpc) is 3.27. The molecule has 0 radical (unpaired) electrons. The van der Waals surface area contributed by atoms with E-state index < -0.39 is 6.10 Å². The number of hydrogen-bond donors (Lipinski definition) is 1. The Balaban J connectivity index is 1.37. The van der Waals surface area contributed by atoms with Gasteiger partial charge in [0.05, 0.1) is 13.7 Å². The van der Waals surface area contributed by atoms with Gasteiger partial charge in [-0.15, -0.1) is 0 Å². The number of methoxy groups -OCH3 is 1. The van der Waals surface area contributed by atoms with Crippen LogP contribution in [-0.4, -0.2) is 59.8 Å². The standard InChI is InChI=1S/C23H29N3O4/c1-25(17-20(27)18-30-23-6-3-5-22(15-23)28-2)16-19-7-9-21(10-8-19)29-14-13-26-12-4-11-24-26/h3-12,15,20,27H,13-14,16-18H2,1-2H3/t20-/m1/s1. The van der Waals surface area contributed by atoms with E-state index in [-0.39, 0.29) is 6.61 Å². The van der Waals surface area contributed by atoms with E-state index in [9.17, 15) is 5.11 Å². The van der Waals surface area contributed by atoms with Crippen molar-refractivity contribution in [2.75, 3.05) is 33.9 Å². The quantitative estimate of drug-likeness (QED) is 0.494. The third kappa shape index (κ3) is 7.09. The van der Waals surface area contributed by atoms with Crippen molar-refractivity contribution in [3.8, 4) is 17.2 Å². The molecule has 0 fully saturated rings. The lowest BCUT2D eigenvalue weighted by molar-refractivity contribution is 0.0743. The van der Waals surface area contributed by atoms with Crippen molar-refractivity contribution < 1.29 is 19.3 Å². The van der Waals surface area contributed by atoms with Crippen LogP contribution in [0.25, 0.3) is 0 Å². The van der Waals surface area contributed by atoms with Crippen LogP contribution in [0.3, 0.4) is 0 Å². The molecule has 1 atom stereocenters. The van der Waals surface area contributed by atoms with Gasteiger partial charge in [-0.3, -0.25) is 9.58 Å². The van der Waals surface area contributed by atoms with Crippen LogP contribution in [0.5, 0.6) is 17.2 Å². The molecule has 1 aromatic heterocycles. The van der Waals surface area contributed by atoms with Crippen LogP contribution in [0.15, 0.2) is 67.0 Å². The minimum absolute atomic E-state index is 0.223. The molecule has 1 heterocycles. The maximum absolute atomic E-state index is 10.3. The number of hydrogen-bond acceptors (Lipinski definition) is 6. The molecule has 7 nitrogen and oxygen atoms in total. The van der Waals surface area contributed by atoms with Gasteiger partial charge >= 0.3 is 0 Å². The fourth-order valence-electron chi connectivity index (χ4n) is 3.05. The highest BCUT2D eigenvalue weighted by Crippen LogP contribution is 2.19. The Labute approximate surface area is 177 Å². The molecular weight excluding hydrogens is 382 g/mol. The Morgan fingerprint density at radius 3 is 2.57 bits per heavy atom. The summed E-state index contributed by atoms with van der Waals surface area (Å²) < 4.78 is 18.4. The first kappa shape index (κ1) is 21.7. The Morgan fingerprint density at radius 1 is 1.03 bits per heavy atom. The minimum atomic E-state index is -0.592. The van der Waals surface area contributed by atoms with Crippen molar-refractivity contribution in [2.45, 2.75) is 19.2 Å². The molecule has 2 aromatic carbocycles. The van der Waals surface area contributed by atoms with Crippen LogP contribution >= 0.6 is 0 Å². The van der Waals surface area contributed by atoms with Crippen LogP contribution in [0.1, 0.15) is 5.56 Å². The summed E-state index contributed by atoms with van der Waals surface area (Å²) >= 11 is 0. The first-order valence-corrected chi connectivity index (χ1v) is 9.95. The maximum Gasteiger partial charge on any atom is 0.123 e. The summed E-state index contributed by atoms with van der Waals surface area (Å²) in [6.45, 7) is 2.74. The highest BCUT2D eigenvalue weighted by molar-refractivity contribution is 5.32. The Morgan fingerprint density at radius 2 is 1.83 bits per heavy atom. The summed E-state index contributed by atoms with van der Waals surface area (Å²) in [4.78, 5) is 2.06. The predicted molar refractivity (Wildman–Crippen MR) is 115 cm³/mol. The molecule has 0 saturated carbocycles. The summed E-state index contributed by atoms with van der Waals surface area (Å²) in [5, 5.41) is 14.4. The molecule has 0 spiro atoms. The number of likely N-dealkylation sites (N-methyl/N-ethyl adjacent to an activating group) is 1. The zero-order chi connectivity index (χ0) is 21.2. The van der Waals surface area contributed by atoms with E-state index in [2.05, 4.69) is 10.00 Å². The van der Waals surface area contributed by atoms with E-state index in [0.717, 1.165) is 23.6 Å². The summed E-state index contributed by atoms with van der Waals surface area (Å²) in [6, 6.07) is 17.3. The van der Waals surface area contributed by atoms with E-state index in [4.69, 9.17) is 14.2 Å². The summed E-state index contributed by atoms with van der Waals surface area (Å²) in [7, 11) is 3.59. The highest BCUT2D eigenvalue weighted by Gasteiger charge is 2.10. The van der Waals surface area contributed by atoms with Crippen molar-refractivity contribution in [3.05, 3.63) is 72.6 Å². The number of rotatable bonds is 12. The number of aromatic nitrogens is 2. The van der Waals surface area contributed by atoms with Crippen molar-refractivity contribution in [3.63, 3.8) is 0 Å². The van der Waals surface area contributed by atoms with Crippen LogP contribution in [0, 0.1) is 0 Å². The second-order valence-corrected chi connectivity index (χ2v) is 7.10. The normalized spacial score (nSPS) is 12.0. The van der Waals surface area contributed by atoms with Gasteiger partial charge in [0.1, 0.15) is 36.6 Å². The number of benzene rings is 2. The average molecular weight is 412 g/mol. The van der Waals surface area contributed by atoms with E-state index in [1.165, 1.54) is 0 Å². The fraction of sp³-hybridized carbons (Fsp3) is 0.348. The number of aliphatic hydroxyl groups excluding tert-OH is 1. The topological polar surface area (TPSA) is 69.0 Å². The Bertz CT molecular complexity index is 868. The van der Waals surface area contributed by atoms with Gasteiger partial charge < -0.3 is 19.3 Å². The molecule has 3 rings (SSSR count). The minimum Gasteiger partial charge on any atom is -0.497 e. The second kappa shape index (κ2) is 11.2. The number of nitrogens with zero attached hydrogens (tertiary/aromatic N) is 3. The van der Waals surface area contributed by atoms with Gasteiger partial charge in [0.2, 0.25) is 0 Å². The molecular formula is C23H29N3O4. The number of ether oxygens (including phenoxy) is 3. The van der Waals surface area contributed by atoms with Gasteiger partial charge in [0.15, 0.2) is 0 Å². The van der Waals surface area contributed by atoms with Crippen LogP contribution in [-0.2, 0) is 13.1 Å². The number of aliphatic hydroxyl groups is 1. The second-order valence-electron chi connectivity index (χ2n) is 7.10. The van der Waals surface area contributed by atoms with Crippen molar-refractivity contribution >= 4 is 0 Å². The first-order valence-electron chi connectivity index (χ1n) is 9.95. The zero-order valence-electron chi connectivity index (χ0n) is 17.5. The lowest BCUT2D eigenvalue weighted by Gasteiger charge is -2.21. The molecule has 0 saturated heterocycles. The van der Waals surface area contributed by atoms with Crippen LogP contribution < -0.4 is 14.2 Å². The molecule has 0 unspecified atom stereocenters. The van der Waals surface area contributed by atoms with Gasteiger partial charge in [-0.1, -0.05) is 18.2 Å². The first-order chi connectivity index (χ1) is 14.6. The lowest BCUT2D eigenvalue weighted by Crippen LogP contribution is -2.32. The SMILES string of the molecule is COc1cccc(OC[C@H](O)CN(C)Cc2ccc(OCCn3cccn3)cc2)c1. The molecule has 1 N–H and O–H groups in total. The molecule has 0 aliphatic heterocycles. The predicted octanol–water partition coefficient (Wildman–Crippen LogP) is 2.84. The molecule has 0 aliphatic carbocycles. The molecule has 160 valence electrons. The largest absolute Gasteiger partial charge is 0.497 e. The third-order valence-electron chi connectivity index (χ3n) is 4.53. The highest BCUT2D eigenvalue weighted by atomic mass is 16.5. The summed E-state index contributed by atoms with van der Waals surface area (Å²) in [6.07, 6.45) is 3.08. The monoisotopic (exact) mass is 411 g/mol. The van der Waals surface area contributed by atoms with Crippen LogP contribution in [0.4, 0.5) is 0 Å². The third-order valence-corrected chi connectivity index (χ3v) is 4.53. The van der Waals surface area contributed by atoms with E-state index in [0.29, 0.717) is 25.4 Å². The summed E-state index contributed by atoms with van der Waals surface area (Å²) in [5.41, 5.74) is 1.15. The smallest absolute Gasteiger partial charge is 0.123 e. The van der Waals surface area contributed by atoms with Crippen molar-refractivity contribution in [1.29, 1.82) is 0 Å². The van der Waals surface area contributed by atoms with Crippen molar-refractivity contribution in [1.82, 2.24) is 14.7 Å². The molecule has 30 heavy (non-hydrogen) atoms. The Kier molecular flexibility index (Phi) is 8.11. The van der Waals surface area contributed by atoms with Crippen molar-refractivity contribution in [2.24, 2.45) is 0 Å². The van der Waals surface area contributed by atoms with Crippen LogP contribution in [0.2, 0.25) is 0 Å². The maximum atomic E-state index is 10.3. The van der Waals surface area contributed by atoms with E-state index >= 15 is 0 Å². The Hall–Kier alpha value is -3.03. The van der Waals surface area contributed by atoms with E-state index in [1.54, 1.807) is 19.4 Å². The van der Waals surface area contributed by atoms with Gasteiger partial charge in [0, 0.05) is 31.5 Å². The molecule has 0 amide bonds. The van der Waals surface area contributed by atoms with Gasteiger partial charge in [-0.2, -0.15) is 5.10 Å². The molecule has 0 bridgehead atoms. The molecule has 0 aliphatic rings.